The third-order valence-electron chi connectivity index (χ3n) is 6.97. The van der Waals surface area contributed by atoms with Gasteiger partial charge in [0.05, 0.1) is 30.0 Å². The zero-order valence-corrected chi connectivity index (χ0v) is 20.0. The zero-order chi connectivity index (χ0) is 24.5. The molecule has 2 N–H and O–H groups in total. The summed E-state index contributed by atoms with van der Waals surface area (Å²) in [5.74, 6) is 0.762. The van der Waals surface area contributed by atoms with Crippen LogP contribution in [0.1, 0.15) is 35.6 Å². The number of carbonyl (C=O) groups is 2. The Labute approximate surface area is 204 Å². The third kappa shape index (κ3) is 4.77. The summed E-state index contributed by atoms with van der Waals surface area (Å²) in [6.45, 7) is 7.29. The van der Waals surface area contributed by atoms with Gasteiger partial charge < -0.3 is 19.9 Å². The summed E-state index contributed by atoms with van der Waals surface area (Å²) in [5.41, 5.74) is 3.29. The summed E-state index contributed by atoms with van der Waals surface area (Å²) in [6, 6.07) is 13.7. The van der Waals surface area contributed by atoms with Crippen LogP contribution in [0.3, 0.4) is 0 Å². The molecule has 0 unspecified atom stereocenters. The summed E-state index contributed by atoms with van der Waals surface area (Å²) < 4.78 is 0. The van der Waals surface area contributed by atoms with E-state index < -0.39 is 5.97 Å². The fourth-order valence-corrected chi connectivity index (χ4v) is 5.05. The predicted molar refractivity (Wildman–Crippen MR) is 132 cm³/mol. The highest BCUT2D eigenvalue weighted by atomic mass is 16.4. The van der Waals surface area contributed by atoms with Gasteiger partial charge in [0.1, 0.15) is 11.6 Å². The maximum atomic E-state index is 13.3. The zero-order valence-electron chi connectivity index (χ0n) is 20.0. The molecule has 1 fully saturated rings. The van der Waals surface area contributed by atoms with Crippen molar-refractivity contribution in [2.75, 3.05) is 31.1 Å². The van der Waals surface area contributed by atoms with Crippen molar-refractivity contribution in [3.63, 3.8) is 0 Å². The largest absolute Gasteiger partial charge is 0.478 e. The van der Waals surface area contributed by atoms with Crippen LogP contribution in [-0.2, 0) is 17.8 Å². The van der Waals surface area contributed by atoms with Crippen molar-refractivity contribution in [1.29, 1.82) is 0 Å². The van der Waals surface area contributed by atoms with E-state index in [1.807, 2.05) is 35.2 Å². The molecule has 1 saturated heterocycles. The van der Waals surface area contributed by atoms with Crippen LogP contribution in [0.4, 0.5) is 5.82 Å². The first-order valence-corrected chi connectivity index (χ1v) is 12.0. The van der Waals surface area contributed by atoms with Gasteiger partial charge in [-0.2, -0.15) is 0 Å². The summed E-state index contributed by atoms with van der Waals surface area (Å²) in [4.78, 5) is 43.2. The number of nitrogens with one attached hydrogen (secondary N) is 1. The highest BCUT2D eigenvalue weighted by Gasteiger charge is 2.33. The van der Waals surface area contributed by atoms with Crippen molar-refractivity contribution in [2.45, 2.75) is 38.9 Å². The molecule has 0 saturated carbocycles. The number of nitrogens with zero attached hydrogens (tertiary/aromatic N) is 5. The van der Waals surface area contributed by atoms with Gasteiger partial charge in [-0.05, 0) is 26.0 Å². The average molecular weight is 475 g/mol. The molecule has 5 rings (SSSR count). The van der Waals surface area contributed by atoms with Crippen LogP contribution in [0.15, 0.2) is 48.7 Å². The van der Waals surface area contributed by atoms with Gasteiger partial charge in [0.2, 0.25) is 5.91 Å². The summed E-state index contributed by atoms with van der Waals surface area (Å²) >= 11 is 0. The first kappa shape index (κ1) is 23.0. The molecule has 4 heterocycles. The number of amides is 1. The van der Waals surface area contributed by atoms with Gasteiger partial charge in [-0.3, -0.25) is 9.69 Å². The Morgan fingerprint density at radius 3 is 2.49 bits per heavy atom. The number of piperazine rings is 1. The normalized spacial score (nSPS) is 20.5. The number of pyridine rings is 1. The minimum Gasteiger partial charge on any atom is -0.478 e. The van der Waals surface area contributed by atoms with Crippen molar-refractivity contribution >= 4 is 17.7 Å². The van der Waals surface area contributed by atoms with E-state index >= 15 is 0 Å². The number of H-pyrrole nitrogens is 1. The number of carboxylic acid groups (broad SMARTS) is 1. The van der Waals surface area contributed by atoms with E-state index in [9.17, 15) is 9.59 Å². The van der Waals surface area contributed by atoms with E-state index in [0.29, 0.717) is 19.6 Å². The minimum absolute atomic E-state index is 0.127. The molecular weight excluding hydrogens is 444 g/mol. The Kier molecular flexibility index (Phi) is 6.25. The number of anilines is 1. The third-order valence-corrected chi connectivity index (χ3v) is 6.97. The molecule has 2 aliphatic heterocycles. The molecule has 2 atom stereocenters. The van der Waals surface area contributed by atoms with Crippen molar-refractivity contribution in [3.05, 3.63) is 65.6 Å². The van der Waals surface area contributed by atoms with Crippen LogP contribution in [0.25, 0.3) is 11.4 Å². The average Bonchev–Trinajstić information content (AvgIpc) is 3.30. The summed E-state index contributed by atoms with van der Waals surface area (Å²) in [7, 11) is 0. The number of benzene rings is 1. The Bertz CT molecular complexity index is 1200. The van der Waals surface area contributed by atoms with Gasteiger partial charge >= 0.3 is 5.97 Å². The number of aromatic amines is 1. The monoisotopic (exact) mass is 474 g/mol. The van der Waals surface area contributed by atoms with Crippen LogP contribution >= 0.6 is 0 Å². The smallest absolute Gasteiger partial charge is 0.337 e. The first-order chi connectivity index (χ1) is 16.9. The van der Waals surface area contributed by atoms with Crippen LogP contribution < -0.4 is 4.90 Å². The minimum atomic E-state index is -0.981. The molecule has 1 aromatic carbocycles. The maximum absolute atomic E-state index is 13.3. The second kappa shape index (κ2) is 9.50. The fourth-order valence-electron chi connectivity index (χ4n) is 5.05. The number of rotatable bonds is 5. The lowest BCUT2D eigenvalue weighted by Crippen LogP contribution is -2.59. The summed E-state index contributed by atoms with van der Waals surface area (Å²) in [5, 5.41) is 9.10. The molecule has 9 heteroatoms. The molecule has 0 bridgehead atoms. The molecule has 0 spiro atoms. The van der Waals surface area contributed by atoms with Gasteiger partial charge in [0.15, 0.2) is 0 Å². The van der Waals surface area contributed by atoms with E-state index in [1.54, 1.807) is 12.1 Å². The molecule has 0 aliphatic carbocycles. The molecule has 35 heavy (non-hydrogen) atoms. The maximum Gasteiger partial charge on any atom is 0.337 e. The van der Waals surface area contributed by atoms with E-state index in [-0.39, 0.29) is 23.6 Å². The molecule has 2 aromatic heterocycles. The lowest BCUT2D eigenvalue weighted by atomic mass is 10.1. The van der Waals surface area contributed by atoms with Gasteiger partial charge in [0, 0.05) is 49.9 Å². The van der Waals surface area contributed by atoms with Gasteiger partial charge in [-0.1, -0.05) is 30.3 Å². The molecule has 2 aliphatic rings. The molecule has 9 nitrogen and oxygen atoms in total. The number of aromatic nitrogens is 3. The number of hydrogen-bond acceptors (Lipinski definition) is 6. The number of fused-ring (bicyclic) bond motifs is 1. The standard InChI is InChI=1S/C26H30N6O3/c1-17-13-31(23-9-8-20(12-27-23)26(34)35)14-18(2)32(17)16-24(33)30-11-10-21-22(15-30)29-25(28-21)19-6-4-3-5-7-19/h3-9,12,17-18H,10-11,13-16H2,1-2H3,(H,28,29)(H,34,35)/t17-,18+. The second-order valence-electron chi connectivity index (χ2n) is 9.43. The second-order valence-corrected chi connectivity index (χ2v) is 9.43. The Hall–Kier alpha value is -3.72. The number of hydrogen-bond donors (Lipinski definition) is 2. The van der Waals surface area contributed by atoms with Crippen molar-refractivity contribution in [2.24, 2.45) is 0 Å². The molecule has 1 amide bonds. The lowest BCUT2D eigenvalue weighted by molar-refractivity contribution is -0.134. The Balaban J connectivity index is 1.21. The molecule has 182 valence electrons. The fraction of sp³-hybridized carbons (Fsp3) is 0.385. The molecule has 0 radical (unpaired) electrons. The first-order valence-electron chi connectivity index (χ1n) is 12.0. The van der Waals surface area contributed by atoms with Crippen LogP contribution in [0, 0.1) is 0 Å². The van der Waals surface area contributed by atoms with Crippen molar-refractivity contribution in [3.8, 4) is 11.4 Å². The quantitative estimate of drug-likeness (QED) is 0.586. The van der Waals surface area contributed by atoms with Crippen LogP contribution in [0.2, 0.25) is 0 Å². The Morgan fingerprint density at radius 1 is 1.09 bits per heavy atom. The van der Waals surface area contributed by atoms with Crippen LogP contribution in [-0.4, -0.2) is 80.0 Å². The van der Waals surface area contributed by atoms with Gasteiger partial charge in [-0.15, -0.1) is 0 Å². The lowest BCUT2D eigenvalue weighted by Gasteiger charge is -2.45. The topological polar surface area (TPSA) is 106 Å². The van der Waals surface area contributed by atoms with Crippen molar-refractivity contribution < 1.29 is 14.7 Å². The van der Waals surface area contributed by atoms with E-state index in [2.05, 4.69) is 33.6 Å². The van der Waals surface area contributed by atoms with Crippen LogP contribution in [0.5, 0.6) is 0 Å². The molecular formula is C26H30N6O3. The highest BCUT2D eigenvalue weighted by Crippen LogP contribution is 2.24. The SMILES string of the molecule is C[C@@H]1CN(c2ccc(C(=O)O)cn2)C[C@H](C)N1CC(=O)N1CCc2nc(-c3ccccc3)[nH]c2C1. The number of aromatic carboxylic acids is 1. The van der Waals surface area contributed by atoms with E-state index in [0.717, 1.165) is 48.1 Å². The molecule has 3 aromatic rings. The predicted octanol–water partition coefficient (Wildman–Crippen LogP) is 2.65. The number of carboxylic acids is 1. The van der Waals surface area contributed by atoms with Crippen molar-refractivity contribution in [1.82, 2.24) is 24.8 Å². The Morgan fingerprint density at radius 2 is 1.83 bits per heavy atom. The van der Waals surface area contributed by atoms with E-state index in [4.69, 9.17) is 10.1 Å². The van der Waals surface area contributed by atoms with E-state index in [1.165, 1.54) is 6.20 Å². The van der Waals surface area contributed by atoms with Gasteiger partial charge in [-0.25, -0.2) is 14.8 Å². The highest BCUT2D eigenvalue weighted by molar-refractivity contribution is 5.87. The summed E-state index contributed by atoms with van der Waals surface area (Å²) in [6.07, 6.45) is 2.15. The number of carbonyl (C=O) groups excluding carboxylic acids is 1. The number of imidazole rings is 1. The van der Waals surface area contributed by atoms with Gasteiger partial charge in [0.25, 0.3) is 0 Å².